The van der Waals surface area contributed by atoms with Crippen molar-refractivity contribution in [1.29, 1.82) is 5.26 Å². The van der Waals surface area contributed by atoms with E-state index in [1.54, 1.807) is 29.1 Å². The Bertz CT molecular complexity index is 1320. The molecule has 0 bridgehead atoms. The van der Waals surface area contributed by atoms with Gasteiger partial charge < -0.3 is 35.1 Å². The van der Waals surface area contributed by atoms with Gasteiger partial charge in [-0.1, -0.05) is 0 Å². The van der Waals surface area contributed by atoms with Gasteiger partial charge in [0.1, 0.15) is 43.0 Å². The van der Waals surface area contributed by atoms with Gasteiger partial charge in [-0.3, -0.25) is 14.2 Å². The fraction of sp³-hybridized carbons (Fsp3) is 0.440. The van der Waals surface area contributed by atoms with Crippen molar-refractivity contribution in [2.75, 3.05) is 45.0 Å². The van der Waals surface area contributed by atoms with Crippen molar-refractivity contribution in [2.24, 2.45) is 5.73 Å². The van der Waals surface area contributed by atoms with E-state index in [-0.39, 0.29) is 32.5 Å². The highest BCUT2D eigenvalue weighted by Gasteiger charge is 2.20. The number of imidazole rings is 1. The number of nitrogens with zero attached hydrogens (tertiary/aromatic N) is 5. The first-order valence-electron chi connectivity index (χ1n) is 12.4. The summed E-state index contributed by atoms with van der Waals surface area (Å²) in [5.41, 5.74) is 7.08. The van der Waals surface area contributed by atoms with Crippen LogP contribution in [0.25, 0.3) is 17.0 Å². The summed E-state index contributed by atoms with van der Waals surface area (Å²) in [5, 5.41) is 21.2. The third-order valence-corrected chi connectivity index (χ3v) is 5.83. The monoisotopic (exact) mass is 539 g/mol. The second kappa shape index (κ2) is 13.5. The number of esters is 1. The van der Waals surface area contributed by atoms with Crippen LogP contribution in [-0.2, 0) is 23.8 Å². The molecule has 4 heterocycles. The van der Waals surface area contributed by atoms with Crippen LogP contribution in [0, 0.1) is 11.3 Å². The van der Waals surface area contributed by atoms with E-state index in [0.29, 0.717) is 47.3 Å². The molecule has 14 heteroatoms. The number of nitriles is 1. The number of nitrogens with two attached hydrogens (primary N) is 1. The van der Waals surface area contributed by atoms with Gasteiger partial charge in [-0.15, -0.1) is 0 Å². The van der Waals surface area contributed by atoms with Crippen LogP contribution in [0.15, 0.2) is 30.7 Å². The molecule has 1 aliphatic heterocycles. The highest BCUT2D eigenvalue weighted by atomic mass is 16.6. The zero-order chi connectivity index (χ0) is 27.6. The zero-order valence-corrected chi connectivity index (χ0v) is 21.1. The number of rotatable bonds is 13. The SMILES string of the molecule is N#Cc1ccc(-n2cnc3cc(OCCOCCOC(=O)C(N)CC(=O)O)c(NC4CCOCC4)nc32)nc1. The number of aliphatic carboxylic acids is 1. The number of carbonyl (C=O) groups is 2. The van der Waals surface area contributed by atoms with Gasteiger partial charge in [-0.05, 0) is 25.0 Å². The fourth-order valence-electron chi connectivity index (χ4n) is 3.83. The van der Waals surface area contributed by atoms with Crippen molar-refractivity contribution in [1.82, 2.24) is 19.5 Å². The second-order valence-corrected chi connectivity index (χ2v) is 8.67. The Morgan fingerprint density at radius 2 is 2.03 bits per heavy atom. The minimum atomic E-state index is -1.22. The van der Waals surface area contributed by atoms with E-state index in [9.17, 15) is 9.59 Å². The van der Waals surface area contributed by atoms with Gasteiger partial charge in [0.25, 0.3) is 0 Å². The lowest BCUT2D eigenvalue weighted by molar-refractivity contribution is -0.150. The van der Waals surface area contributed by atoms with Gasteiger partial charge in [-0.2, -0.15) is 5.26 Å². The molecule has 206 valence electrons. The number of fused-ring (bicyclic) bond motifs is 1. The smallest absolute Gasteiger partial charge is 0.323 e. The molecule has 1 fully saturated rings. The van der Waals surface area contributed by atoms with Crippen LogP contribution >= 0.6 is 0 Å². The lowest BCUT2D eigenvalue weighted by Crippen LogP contribution is -2.35. The van der Waals surface area contributed by atoms with Crippen molar-refractivity contribution in [3.8, 4) is 17.6 Å². The van der Waals surface area contributed by atoms with Crippen LogP contribution in [0.5, 0.6) is 5.75 Å². The molecule has 0 amide bonds. The van der Waals surface area contributed by atoms with Crippen molar-refractivity contribution in [3.63, 3.8) is 0 Å². The first-order valence-corrected chi connectivity index (χ1v) is 12.4. The summed E-state index contributed by atoms with van der Waals surface area (Å²) in [6.45, 7) is 1.75. The van der Waals surface area contributed by atoms with Crippen LogP contribution < -0.4 is 15.8 Å². The molecule has 4 N–H and O–H groups in total. The standard InChI is InChI=1S/C25H29N7O7/c26-13-16-1-2-21(28-14-16)32-15-29-19-12-20(23(31-24(19)32)30-17-3-5-36-6-4-17)38-9-7-37-8-10-39-25(35)18(27)11-22(33)34/h1-2,12,14-15,17-18H,3-11,27H2,(H,30,31)(H,33,34). The Labute approximate surface area is 223 Å². The molecule has 0 saturated carbocycles. The number of aromatic nitrogens is 4. The van der Waals surface area contributed by atoms with E-state index in [1.165, 1.54) is 6.20 Å². The molecule has 1 atom stereocenters. The van der Waals surface area contributed by atoms with Crippen molar-refractivity contribution < 1.29 is 33.6 Å². The highest BCUT2D eigenvalue weighted by molar-refractivity contribution is 5.81. The summed E-state index contributed by atoms with van der Waals surface area (Å²) in [4.78, 5) is 35.8. The van der Waals surface area contributed by atoms with Crippen molar-refractivity contribution >= 4 is 28.9 Å². The molecule has 0 aromatic carbocycles. The number of carboxylic acids is 1. The third kappa shape index (κ3) is 7.60. The minimum Gasteiger partial charge on any atom is -0.487 e. The third-order valence-electron chi connectivity index (χ3n) is 5.83. The normalized spacial score (nSPS) is 14.5. The topological polar surface area (TPSA) is 197 Å². The van der Waals surface area contributed by atoms with Gasteiger partial charge in [0.15, 0.2) is 17.2 Å². The maximum Gasteiger partial charge on any atom is 0.323 e. The van der Waals surface area contributed by atoms with Crippen molar-refractivity contribution in [2.45, 2.75) is 31.3 Å². The van der Waals surface area contributed by atoms with E-state index in [1.807, 2.05) is 0 Å². The van der Waals surface area contributed by atoms with Crippen LogP contribution in [0.3, 0.4) is 0 Å². The molecule has 1 aliphatic rings. The number of hydrogen-bond donors (Lipinski definition) is 3. The van der Waals surface area contributed by atoms with E-state index >= 15 is 0 Å². The Hall–Kier alpha value is -4.32. The number of nitrogens with one attached hydrogen (secondary N) is 1. The maximum atomic E-state index is 11.6. The number of ether oxygens (including phenoxy) is 4. The summed E-state index contributed by atoms with van der Waals surface area (Å²) < 4.78 is 23.5. The highest BCUT2D eigenvalue weighted by Crippen LogP contribution is 2.29. The summed E-state index contributed by atoms with van der Waals surface area (Å²) in [6, 6.07) is 6.19. The molecule has 3 aromatic rings. The molecule has 0 radical (unpaired) electrons. The van der Waals surface area contributed by atoms with Crippen LogP contribution in [0.2, 0.25) is 0 Å². The number of pyridine rings is 2. The van der Waals surface area contributed by atoms with Gasteiger partial charge in [-0.25, -0.2) is 15.0 Å². The van der Waals surface area contributed by atoms with E-state index in [4.69, 9.17) is 40.0 Å². The molecule has 1 saturated heterocycles. The number of hydrogen-bond acceptors (Lipinski definition) is 12. The van der Waals surface area contributed by atoms with Crippen molar-refractivity contribution in [3.05, 3.63) is 36.3 Å². The van der Waals surface area contributed by atoms with Crippen LogP contribution in [-0.4, -0.2) is 88.3 Å². The predicted molar refractivity (Wildman–Crippen MR) is 136 cm³/mol. The minimum absolute atomic E-state index is 0.0585. The second-order valence-electron chi connectivity index (χ2n) is 8.67. The Kier molecular flexibility index (Phi) is 9.57. The number of carboxylic acid groups (broad SMARTS) is 1. The summed E-state index contributed by atoms with van der Waals surface area (Å²) >= 11 is 0. The molecule has 3 aromatic heterocycles. The van der Waals surface area contributed by atoms with Gasteiger partial charge in [0.05, 0.1) is 25.2 Å². The van der Waals surface area contributed by atoms with E-state index in [2.05, 4.69) is 21.4 Å². The molecule has 1 unspecified atom stereocenters. The number of anilines is 1. The Morgan fingerprint density at radius 3 is 2.74 bits per heavy atom. The fourth-order valence-corrected chi connectivity index (χ4v) is 3.83. The van der Waals surface area contributed by atoms with E-state index < -0.39 is 24.4 Å². The van der Waals surface area contributed by atoms with Gasteiger partial charge in [0, 0.05) is 31.5 Å². The summed E-state index contributed by atoms with van der Waals surface area (Å²) in [7, 11) is 0. The first-order chi connectivity index (χ1) is 18.9. The lowest BCUT2D eigenvalue weighted by atomic mass is 10.1. The zero-order valence-electron chi connectivity index (χ0n) is 21.1. The Morgan fingerprint density at radius 1 is 1.23 bits per heavy atom. The molecule has 0 spiro atoms. The largest absolute Gasteiger partial charge is 0.487 e. The predicted octanol–water partition coefficient (Wildman–Crippen LogP) is 1.02. The summed E-state index contributed by atoms with van der Waals surface area (Å²) in [5.74, 6) is -0.347. The van der Waals surface area contributed by atoms with Crippen LogP contribution in [0.1, 0.15) is 24.8 Å². The molecule has 14 nitrogen and oxygen atoms in total. The lowest BCUT2D eigenvalue weighted by Gasteiger charge is -2.24. The molecular formula is C25H29N7O7. The summed E-state index contributed by atoms with van der Waals surface area (Å²) in [6.07, 6.45) is 4.26. The number of carbonyl (C=O) groups excluding carboxylic acids is 1. The maximum absolute atomic E-state index is 11.6. The average molecular weight is 540 g/mol. The molecular weight excluding hydrogens is 510 g/mol. The molecule has 4 rings (SSSR count). The first kappa shape index (κ1) is 27.7. The van der Waals surface area contributed by atoms with Gasteiger partial charge >= 0.3 is 11.9 Å². The average Bonchev–Trinajstić information content (AvgIpc) is 3.35. The van der Waals surface area contributed by atoms with Crippen LogP contribution in [0.4, 0.5) is 5.82 Å². The quantitative estimate of drug-likeness (QED) is 0.206. The molecule has 0 aliphatic carbocycles. The van der Waals surface area contributed by atoms with Gasteiger partial charge in [0.2, 0.25) is 0 Å². The molecule has 39 heavy (non-hydrogen) atoms. The Balaban J connectivity index is 1.38. The van der Waals surface area contributed by atoms with E-state index in [0.717, 1.165) is 12.8 Å².